The van der Waals surface area contributed by atoms with E-state index in [1.54, 1.807) is 0 Å². The van der Waals surface area contributed by atoms with Gasteiger partial charge in [-0.1, -0.05) is 0 Å². The van der Waals surface area contributed by atoms with E-state index in [1.807, 2.05) is 0 Å². The average molecular weight is 260 g/mol. The first-order valence-corrected chi connectivity index (χ1v) is 6.38. The van der Waals surface area contributed by atoms with Gasteiger partial charge >= 0.3 is 0 Å². The molecule has 7 nitrogen and oxygen atoms in total. The van der Waals surface area contributed by atoms with Gasteiger partial charge in [-0.3, -0.25) is 14.4 Å². The van der Waals surface area contributed by atoms with Gasteiger partial charge in [0, 0.05) is 19.2 Å². The van der Waals surface area contributed by atoms with E-state index in [0.717, 1.165) is 10.6 Å². The van der Waals surface area contributed by atoms with E-state index in [0.29, 0.717) is 5.75 Å². The van der Waals surface area contributed by atoms with Crippen LogP contribution < -0.4 is 9.04 Å². The zero-order chi connectivity index (χ0) is 13.2. The fourth-order valence-corrected chi connectivity index (χ4v) is 1.72. The molecule has 0 N–H and O–H groups in total. The SMILES string of the molecule is COc1ccc([N+](=O)[O-])c(N(C)S(C)(=O)=O)c1. The summed E-state index contributed by atoms with van der Waals surface area (Å²) in [6, 6.07) is 3.91. The largest absolute Gasteiger partial charge is 0.497 e. The van der Waals surface area contributed by atoms with Crippen LogP contribution in [0.2, 0.25) is 0 Å². The molecule has 0 spiro atoms. The van der Waals surface area contributed by atoms with E-state index in [1.165, 1.54) is 32.4 Å². The van der Waals surface area contributed by atoms with Crippen LogP contribution in [0.5, 0.6) is 5.75 Å². The molecular weight excluding hydrogens is 248 g/mol. The first-order chi connectivity index (χ1) is 7.77. The van der Waals surface area contributed by atoms with Crippen LogP contribution in [0.1, 0.15) is 0 Å². The van der Waals surface area contributed by atoms with E-state index >= 15 is 0 Å². The third-order valence-corrected chi connectivity index (χ3v) is 3.41. The van der Waals surface area contributed by atoms with E-state index in [4.69, 9.17) is 4.74 Å². The highest BCUT2D eigenvalue weighted by molar-refractivity contribution is 7.92. The maximum Gasteiger partial charge on any atom is 0.293 e. The maximum atomic E-state index is 11.4. The van der Waals surface area contributed by atoms with Crippen LogP contribution in [-0.2, 0) is 10.0 Å². The van der Waals surface area contributed by atoms with Crippen molar-refractivity contribution in [3.05, 3.63) is 28.3 Å². The summed E-state index contributed by atoms with van der Waals surface area (Å²) in [7, 11) is -0.922. The van der Waals surface area contributed by atoms with Crippen LogP contribution in [0.3, 0.4) is 0 Å². The number of hydrogen-bond acceptors (Lipinski definition) is 5. The second-order valence-electron chi connectivity index (χ2n) is 3.34. The number of rotatable bonds is 4. The molecule has 17 heavy (non-hydrogen) atoms. The Hall–Kier alpha value is -1.83. The maximum absolute atomic E-state index is 11.4. The molecule has 0 heterocycles. The Kier molecular flexibility index (Phi) is 3.56. The van der Waals surface area contributed by atoms with E-state index < -0.39 is 14.9 Å². The Bertz CT molecular complexity index is 540. The van der Waals surface area contributed by atoms with Crippen LogP contribution in [0.25, 0.3) is 0 Å². The Labute approximate surface area is 98.8 Å². The summed E-state index contributed by atoms with van der Waals surface area (Å²) >= 11 is 0. The molecular formula is C9H12N2O5S. The highest BCUT2D eigenvalue weighted by Crippen LogP contribution is 2.32. The lowest BCUT2D eigenvalue weighted by molar-refractivity contribution is -0.384. The predicted molar refractivity (Wildman–Crippen MR) is 62.9 cm³/mol. The van der Waals surface area contributed by atoms with Gasteiger partial charge in [-0.2, -0.15) is 0 Å². The molecule has 0 radical (unpaired) electrons. The Balaban J connectivity index is 3.42. The molecule has 0 aromatic heterocycles. The zero-order valence-electron chi connectivity index (χ0n) is 9.58. The molecule has 0 aliphatic heterocycles. The van der Waals surface area contributed by atoms with Gasteiger partial charge in [0.25, 0.3) is 5.69 Å². The van der Waals surface area contributed by atoms with Gasteiger partial charge in [0.1, 0.15) is 11.4 Å². The third-order valence-electron chi connectivity index (χ3n) is 2.22. The van der Waals surface area contributed by atoms with Crippen LogP contribution >= 0.6 is 0 Å². The standard InChI is InChI=1S/C9H12N2O5S/c1-10(17(3,14)15)9-6-7(16-2)4-5-8(9)11(12)13/h4-6H,1-3H3. The van der Waals surface area contributed by atoms with Gasteiger partial charge in [0.2, 0.25) is 10.0 Å². The Morgan fingerprint density at radius 2 is 2.00 bits per heavy atom. The number of sulfonamides is 1. The Morgan fingerprint density at radius 1 is 1.41 bits per heavy atom. The van der Waals surface area contributed by atoms with Gasteiger partial charge < -0.3 is 4.74 Å². The number of methoxy groups -OCH3 is 1. The molecule has 0 aliphatic rings. The van der Waals surface area contributed by atoms with Crippen LogP contribution in [-0.4, -0.2) is 33.8 Å². The number of nitro benzene ring substituents is 1. The van der Waals surface area contributed by atoms with Crippen molar-refractivity contribution < 1.29 is 18.1 Å². The van der Waals surface area contributed by atoms with Crippen molar-refractivity contribution in [1.29, 1.82) is 0 Å². The molecule has 0 fully saturated rings. The minimum atomic E-state index is -3.56. The highest BCUT2D eigenvalue weighted by atomic mass is 32.2. The molecule has 8 heteroatoms. The van der Waals surface area contributed by atoms with E-state index in [2.05, 4.69) is 0 Å². The number of hydrogen-bond donors (Lipinski definition) is 0. The summed E-state index contributed by atoms with van der Waals surface area (Å²) in [4.78, 5) is 10.2. The first kappa shape index (κ1) is 13.2. The third kappa shape index (κ3) is 2.84. The minimum Gasteiger partial charge on any atom is -0.497 e. The fourth-order valence-electron chi connectivity index (χ4n) is 1.22. The molecule has 1 aromatic rings. The van der Waals surface area contributed by atoms with Gasteiger partial charge in [0.05, 0.1) is 18.3 Å². The molecule has 0 atom stereocenters. The van der Waals surface area contributed by atoms with E-state index in [9.17, 15) is 18.5 Å². The lowest BCUT2D eigenvalue weighted by Gasteiger charge is -2.17. The molecule has 0 saturated carbocycles. The van der Waals surface area contributed by atoms with E-state index in [-0.39, 0.29) is 11.4 Å². The van der Waals surface area contributed by atoms with Crippen LogP contribution in [0.4, 0.5) is 11.4 Å². The van der Waals surface area contributed by atoms with Gasteiger partial charge in [-0.25, -0.2) is 8.42 Å². The van der Waals surface area contributed by atoms with Crippen LogP contribution in [0, 0.1) is 10.1 Å². The number of benzene rings is 1. The molecule has 1 aromatic carbocycles. The quantitative estimate of drug-likeness (QED) is 0.595. The number of ether oxygens (including phenoxy) is 1. The smallest absolute Gasteiger partial charge is 0.293 e. The van der Waals surface area contributed by atoms with Gasteiger partial charge in [-0.15, -0.1) is 0 Å². The summed E-state index contributed by atoms with van der Waals surface area (Å²) in [5, 5.41) is 10.8. The topological polar surface area (TPSA) is 89.8 Å². The average Bonchev–Trinajstić information content (AvgIpc) is 2.25. The molecule has 94 valence electrons. The molecule has 0 bridgehead atoms. The van der Waals surface area contributed by atoms with Crippen molar-refractivity contribution in [2.24, 2.45) is 0 Å². The first-order valence-electron chi connectivity index (χ1n) is 4.53. The lowest BCUT2D eigenvalue weighted by Crippen LogP contribution is -2.25. The normalized spacial score (nSPS) is 11.0. The highest BCUT2D eigenvalue weighted by Gasteiger charge is 2.23. The van der Waals surface area contributed by atoms with Crippen molar-refractivity contribution in [2.45, 2.75) is 0 Å². The molecule has 0 unspecified atom stereocenters. The summed E-state index contributed by atoms with van der Waals surface area (Å²) in [6.07, 6.45) is 0.968. The molecule has 0 aliphatic carbocycles. The summed E-state index contributed by atoms with van der Waals surface area (Å²) < 4.78 is 28.5. The van der Waals surface area contributed by atoms with Crippen molar-refractivity contribution in [3.63, 3.8) is 0 Å². The minimum absolute atomic E-state index is 0.0307. The summed E-state index contributed by atoms with van der Waals surface area (Å²) in [5.41, 5.74) is -0.324. The second kappa shape index (κ2) is 4.58. The Morgan fingerprint density at radius 3 is 2.41 bits per heavy atom. The second-order valence-corrected chi connectivity index (χ2v) is 5.36. The molecule has 0 amide bonds. The number of nitrogens with zero attached hydrogens (tertiary/aromatic N) is 2. The van der Waals surface area contributed by atoms with Crippen molar-refractivity contribution in [1.82, 2.24) is 0 Å². The predicted octanol–water partition coefficient (Wildman–Crippen LogP) is 0.999. The molecule has 1 rings (SSSR count). The van der Waals surface area contributed by atoms with Gasteiger partial charge in [0.15, 0.2) is 0 Å². The monoisotopic (exact) mass is 260 g/mol. The molecule has 0 saturated heterocycles. The van der Waals surface area contributed by atoms with Gasteiger partial charge in [-0.05, 0) is 6.07 Å². The lowest BCUT2D eigenvalue weighted by atomic mass is 10.2. The summed E-state index contributed by atoms with van der Waals surface area (Å²) in [6.45, 7) is 0. The van der Waals surface area contributed by atoms with Crippen LogP contribution in [0.15, 0.2) is 18.2 Å². The fraction of sp³-hybridized carbons (Fsp3) is 0.333. The summed E-state index contributed by atoms with van der Waals surface area (Å²) in [5.74, 6) is 0.348. The number of nitro groups is 1. The van der Waals surface area contributed by atoms with Crippen molar-refractivity contribution in [2.75, 3.05) is 24.7 Å². The zero-order valence-corrected chi connectivity index (χ0v) is 10.4. The number of anilines is 1. The van der Waals surface area contributed by atoms with Crippen molar-refractivity contribution >= 4 is 21.4 Å². The van der Waals surface area contributed by atoms with Crippen molar-refractivity contribution in [3.8, 4) is 5.75 Å².